The van der Waals surface area contributed by atoms with E-state index in [0.717, 1.165) is 35.3 Å². The van der Waals surface area contributed by atoms with Gasteiger partial charge in [0.1, 0.15) is 0 Å². The van der Waals surface area contributed by atoms with Gasteiger partial charge in [0.05, 0.1) is 10.6 Å². The van der Waals surface area contributed by atoms with Crippen molar-refractivity contribution >= 4 is 27.3 Å². The molecule has 1 aliphatic rings. The molecular formula is C24H24N2O3S. The summed E-state index contributed by atoms with van der Waals surface area (Å²) in [6.07, 6.45) is 2.59. The molecule has 0 spiro atoms. The number of anilines is 2. The molecule has 0 atom stereocenters. The Labute approximate surface area is 177 Å². The number of amides is 1. The van der Waals surface area contributed by atoms with Crippen molar-refractivity contribution in [3.63, 3.8) is 0 Å². The number of rotatable bonds is 6. The van der Waals surface area contributed by atoms with Crippen LogP contribution in [0.5, 0.6) is 0 Å². The average Bonchev–Trinajstić information content (AvgIpc) is 2.78. The molecule has 0 fully saturated rings. The standard InChI is InChI=1S/C24H24N2O3S/c27-24(25-21-9-2-1-3-10-21)17-14-19-12-15-22(16-13-19)30(28,29)26-18-6-8-20-7-4-5-11-23(20)26/h1-5,7,9-13,15-16H,6,8,14,17-18H2,(H,25,27). The fourth-order valence-electron chi connectivity index (χ4n) is 3.71. The molecule has 3 aromatic carbocycles. The summed E-state index contributed by atoms with van der Waals surface area (Å²) in [5, 5.41) is 2.86. The maximum absolute atomic E-state index is 13.2. The number of aryl methyl sites for hydroxylation is 2. The van der Waals surface area contributed by atoms with Crippen LogP contribution in [-0.2, 0) is 27.7 Å². The Hall–Kier alpha value is -3.12. The topological polar surface area (TPSA) is 66.5 Å². The van der Waals surface area contributed by atoms with Crippen LogP contribution in [0.15, 0.2) is 83.8 Å². The Bertz CT molecular complexity index is 1130. The summed E-state index contributed by atoms with van der Waals surface area (Å²) >= 11 is 0. The molecule has 0 aliphatic carbocycles. The minimum Gasteiger partial charge on any atom is -0.326 e. The van der Waals surface area contributed by atoms with Crippen molar-refractivity contribution < 1.29 is 13.2 Å². The number of nitrogens with zero attached hydrogens (tertiary/aromatic N) is 1. The Morgan fingerprint density at radius 2 is 1.60 bits per heavy atom. The first kappa shape index (κ1) is 20.2. The monoisotopic (exact) mass is 420 g/mol. The van der Waals surface area contributed by atoms with Gasteiger partial charge in [-0.2, -0.15) is 0 Å². The molecule has 0 unspecified atom stereocenters. The quantitative estimate of drug-likeness (QED) is 0.643. The van der Waals surface area contributed by atoms with Gasteiger partial charge in [0.25, 0.3) is 10.0 Å². The summed E-state index contributed by atoms with van der Waals surface area (Å²) in [4.78, 5) is 12.4. The molecule has 4 rings (SSSR count). The van der Waals surface area contributed by atoms with Gasteiger partial charge < -0.3 is 5.32 Å². The molecule has 5 nitrogen and oxygen atoms in total. The second-order valence-electron chi connectivity index (χ2n) is 7.37. The molecular weight excluding hydrogens is 396 g/mol. The summed E-state index contributed by atoms with van der Waals surface area (Å²) in [5.41, 5.74) is 3.53. The van der Waals surface area contributed by atoms with Crippen LogP contribution in [0.3, 0.4) is 0 Å². The largest absolute Gasteiger partial charge is 0.326 e. The maximum atomic E-state index is 13.2. The van der Waals surface area contributed by atoms with E-state index in [1.807, 2.05) is 54.6 Å². The van der Waals surface area contributed by atoms with Crippen molar-refractivity contribution in [1.29, 1.82) is 0 Å². The first-order chi connectivity index (χ1) is 14.5. The summed E-state index contributed by atoms with van der Waals surface area (Å²) in [6.45, 7) is 0.487. The molecule has 3 aromatic rings. The number of carbonyl (C=O) groups excluding carboxylic acids is 1. The summed E-state index contributed by atoms with van der Waals surface area (Å²) < 4.78 is 27.9. The van der Waals surface area contributed by atoms with Crippen LogP contribution in [0.4, 0.5) is 11.4 Å². The number of hydrogen-bond acceptors (Lipinski definition) is 3. The van der Waals surface area contributed by atoms with Gasteiger partial charge in [0, 0.05) is 18.7 Å². The van der Waals surface area contributed by atoms with Crippen molar-refractivity contribution in [3.8, 4) is 0 Å². The van der Waals surface area contributed by atoms with Crippen molar-refractivity contribution in [2.24, 2.45) is 0 Å². The van der Waals surface area contributed by atoms with E-state index < -0.39 is 10.0 Å². The zero-order chi connectivity index (χ0) is 21.0. The molecule has 1 heterocycles. The predicted molar refractivity (Wildman–Crippen MR) is 119 cm³/mol. The molecule has 154 valence electrons. The molecule has 1 N–H and O–H groups in total. The Morgan fingerprint density at radius 3 is 2.37 bits per heavy atom. The van der Waals surface area contributed by atoms with Gasteiger partial charge in [0.15, 0.2) is 0 Å². The van der Waals surface area contributed by atoms with E-state index in [1.165, 1.54) is 4.31 Å². The second kappa shape index (κ2) is 8.71. The molecule has 1 aliphatic heterocycles. The zero-order valence-electron chi connectivity index (χ0n) is 16.6. The lowest BCUT2D eigenvalue weighted by molar-refractivity contribution is -0.116. The van der Waals surface area contributed by atoms with E-state index in [2.05, 4.69) is 5.32 Å². The lowest BCUT2D eigenvalue weighted by Crippen LogP contribution is -2.35. The van der Waals surface area contributed by atoms with Crippen LogP contribution >= 0.6 is 0 Å². The van der Waals surface area contributed by atoms with Crippen LogP contribution in [0, 0.1) is 0 Å². The highest BCUT2D eigenvalue weighted by Crippen LogP contribution is 2.31. The van der Waals surface area contributed by atoms with E-state index in [-0.39, 0.29) is 10.8 Å². The van der Waals surface area contributed by atoms with E-state index >= 15 is 0 Å². The third kappa shape index (κ3) is 4.39. The lowest BCUT2D eigenvalue weighted by atomic mass is 10.0. The van der Waals surface area contributed by atoms with Gasteiger partial charge in [0.2, 0.25) is 5.91 Å². The number of benzene rings is 3. The highest BCUT2D eigenvalue weighted by Gasteiger charge is 2.28. The highest BCUT2D eigenvalue weighted by molar-refractivity contribution is 7.92. The lowest BCUT2D eigenvalue weighted by Gasteiger charge is -2.30. The van der Waals surface area contributed by atoms with Gasteiger partial charge in [-0.25, -0.2) is 8.42 Å². The number of para-hydroxylation sites is 2. The number of nitrogens with one attached hydrogen (secondary N) is 1. The van der Waals surface area contributed by atoms with Crippen molar-refractivity contribution in [2.45, 2.75) is 30.6 Å². The molecule has 0 saturated heterocycles. The summed E-state index contributed by atoms with van der Waals surface area (Å²) in [5.74, 6) is -0.0668. The minimum absolute atomic E-state index is 0.0668. The Morgan fingerprint density at radius 1 is 0.900 bits per heavy atom. The molecule has 0 bridgehead atoms. The maximum Gasteiger partial charge on any atom is 0.264 e. The molecule has 0 radical (unpaired) electrons. The van der Waals surface area contributed by atoms with E-state index in [0.29, 0.717) is 19.4 Å². The predicted octanol–water partition coefficient (Wildman–Crippen LogP) is 4.40. The van der Waals surface area contributed by atoms with Crippen LogP contribution in [0.25, 0.3) is 0 Å². The molecule has 0 aromatic heterocycles. The highest BCUT2D eigenvalue weighted by atomic mass is 32.2. The number of sulfonamides is 1. The smallest absolute Gasteiger partial charge is 0.264 e. The number of fused-ring (bicyclic) bond motifs is 1. The van der Waals surface area contributed by atoms with Gasteiger partial charge in [-0.3, -0.25) is 9.10 Å². The van der Waals surface area contributed by atoms with E-state index in [1.54, 1.807) is 24.3 Å². The van der Waals surface area contributed by atoms with Crippen LogP contribution in [0.2, 0.25) is 0 Å². The van der Waals surface area contributed by atoms with Gasteiger partial charge in [-0.15, -0.1) is 0 Å². The van der Waals surface area contributed by atoms with Crippen molar-refractivity contribution in [2.75, 3.05) is 16.2 Å². The van der Waals surface area contributed by atoms with Gasteiger partial charge in [-0.1, -0.05) is 48.5 Å². The normalized spacial score (nSPS) is 13.5. The van der Waals surface area contributed by atoms with Crippen LogP contribution < -0.4 is 9.62 Å². The second-order valence-corrected chi connectivity index (χ2v) is 9.23. The van der Waals surface area contributed by atoms with Gasteiger partial charge in [-0.05, 0) is 60.7 Å². The third-order valence-electron chi connectivity index (χ3n) is 5.28. The van der Waals surface area contributed by atoms with Crippen molar-refractivity contribution in [1.82, 2.24) is 0 Å². The first-order valence-corrected chi connectivity index (χ1v) is 11.5. The fourth-order valence-corrected chi connectivity index (χ4v) is 5.25. The average molecular weight is 421 g/mol. The summed E-state index contributed by atoms with van der Waals surface area (Å²) in [6, 6.07) is 23.8. The summed E-state index contributed by atoms with van der Waals surface area (Å²) in [7, 11) is -3.61. The Kier molecular flexibility index (Phi) is 5.86. The van der Waals surface area contributed by atoms with Crippen LogP contribution in [0.1, 0.15) is 24.0 Å². The molecule has 1 amide bonds. The van der Waals surface area contributed by atoms with E-state index in [4.69, 9.17) is 0 Å². The van der Waals surface area contributed by atoms with E-state index in [9.17, 15) is 13.2 Å². The Balaban J connectivity index is 1.43. The first-order valence-electron chi connectivity index (χ1n) is 10.1. The molecule has 6 heteroatoms. The molecule has 0 saturated carbocycles. The van der Waals surface area contributed by atoms with Gasteiger partial charge >= 0.3 is 0 Å². The van der Waals surface area contributed by atoms with Crippen molar-refractivity contribution in [3.05, 3.63) is 90.0 Å². The molecule has 30 heavy (non-hydrogen) atoms. The number of hydrogen-bond donors (Lipinski definition) is 1. The van der Waals surface area contributed by atoms with Crippen LogP contribution in [-0.4, -0.2) is 20.9 Å². The SMILES string of the molecule is O=C(CCc1ccc(S(=O)(=O)N2CCCc3ccccc32)cc1)Nc1ccccc1. The zero-order valence-corrected chi connectivity index (χ0v) is 17.4. The minimum atomic E-state index is -3.61. The number of carbonyl (C=O) groups is 1. The fraction of sp³-hybridized carbons (Fsp3) is 0.208. The third-order valence-corrected chi connectivity index (χ3v) is 7.10.